The summed E-state index contributed by atoms with van der Waals surface area (Å²) < 4.78 is 23.8. The van der Waals surface area contributed by atoms with E-state index in [-0.39, 0.29) is 22.2 Å². The molecule has 0 saturated heterocycles. The molecule has 0 bridgehead atoms. The summed E-state index contributed by atoms with van der Waals surface area (Å²) in [6.45, 7) is -0.548. The first-order chi connectivity index (χ1) is 13.5. The Labute approximate surface area is 164 Å². The lowest BCUT2D eigenvalue weighted by Crippen LogP contribution is -2.21. The molecule has 3 rings (SSSR count). The van der Waals surface area contributed by atoms with Gasteiger partial charge in [0, 0.05) is 11.9 Å². The Bertz CT molecular complexity index is 999. The molecule has 0 aliphatic heterocycles. The Morgan fingerprint density at radius 3 is 2.61 bits per heavy atom. The number of benzene rings is 2. The molecule has 6 nitrogen and oxygen atoms in total. The van der Waals surface area contributed by atoms with Crippen molar-refractivity contribution in [3.05, 3.63) is 83.3 Å². The largest absolute Gasteiger partial charge is 0.452 e. The van der Waals surface area contributed by atoms with Gasteiger partial charge in [0.05, 0.1) is 5.02 Å². The molecule has 0 atom stereocenters. The molecule has 1 N–H and O–H groups in total. The number of anilines is 1. The highest BCUT2D eigenvalue weighted by Gasteiger charge is 2.17. The van der Waals surface area contributed by atoms with Gasteiger partial charge in [0.25, 0.3) is 5.91 Å². The number of ether oxygens (including phenoxy) is 2. The van der Waals surface area contributed by atoms with Gasteiger partial charge in [-0.1, -0.05) is 29.8 Å². The van der Waals surface area contributed by atoms with E-state index in [1.807, 2.05) is 6.07 Å². The molecule has 2 aromatic carbocycles. The third-order valence-corrected chi connectivity index (χ3v) is 3.78. The number of hydrogen-bond acceptors (Lipinski definition) is 5. The van der Waals surface area contributed by atoms with Gasteiger partial charge in [0.2, 0.25) is 5.88 Å². The maximum absolute atomic E-state index is 13.1. The number of halogens is 2. The van der Waals surface area contributed by atoms with Crippen LogP contribution in [0.3, 0.4) is 0 Å². The molecular weight excluding hydrogens is 387 g/mol. The van der Waals surface area contributed by atoms with Gasteiger partial charge >= 0.3 is 5.97 Å². The highest BCUT2D eigenvalue weighted by molar-refractivity contribution is 6.31. The van der Waals surface area contributed by atoms with Crippen molar-refractivity contribution in [1.29, 1.82) is 0 Å². The Hall–Kier alpha value is -3.45. The second kappa shape index (κ2) is 8.96. The van der Waals surface area contributed by atoms with E-state index in [4.69, 9.17) is 21.1 Å². The molecule has 1 aromatic heterocycles. The molecule has 8 heteroatoms. The number of aromatic nitrogens is 1. The van der Waals surface area contributed by atoms with Crippen LogP contribution in [0, 0.1) is 5.82 Å². The van der Waals surface area contributed by atoms with E-state index in [1.165, 1.54) is 24.4 Å². The van der Waals surface area contributed by atoms with Crippen molar-refractivity contribution in [2.75, 3.05) is 11.9 Å². The summed E-state index contributed by atoms with van der Waals surface area (Å²) in [5.74, 6) is -1.42. The average molecular weight is 401 g/mol. The second-order valence-corrected chi connectivity index (χ2v) is 5.93. The van der Waals surface area contributed by atoms with Crippen molar-refractivity contribution in [1.82, 2.24) is 4.98 Å². The molecule has 0 spiro atoms. The molecular formula is C20H14ClFN2O4. The standard InChI is InChI=1S/C20H14ClFN2O4/c21-16-11-13(8-9-17(16)22)24-18(25)12-27-20(26)15-7-4-10-23-19(15)28-14-5-2-1-3-6-14/h1-11H,12H2,(H,24,25). The third kappa shape index (κ3) is 5.05. The maximum atomic E-state index is 13.1. The molecule has 0 saturated carbocycles. The number of hydrogen-bond donors (Lipinski definition) is 1. The monoisotopic (exact) mass is 400 g/mol. The normalized spacial score (nSPS) is 10.2. The van der Waals surface area contributed by atoms with E-state index in [2.05, 4.69) is 10.3 Å². The first kappa shape index (κ1) is 19.3. The van der Waals surface area contributed by atoms with Crippen LogP contribution in [0.5, 0.6) is 11.6 Å². The summed E-state index contributed by atoms with van der Waals surface area (Å²) in [7, 11) is 0. The van der Waals surface area contributed by atoms with E-state index in [9.17, 15) is 14.0 Å². The third-order valence-electron chi connectivity index (χ3n) is 3.49. The van der Waals surface area contributed by atoms with Gasteiger partial charge in [0.15, 0.2) is 6.61 Å². The molecule has 1 amide bonds. The molecule has 0 fully saturated rings. The van der Waals surface area contributed by atoms with Crippen LogP contribution < -0.4 is 10.1 Å². The first-order valence-electron chi connectivity index (χ1n) is 8.13. The fourth-order valence-electron chi connectivity index (χ4n) is 2.21. The summed E-state index contributed by atoms with van der Waals surface area (Å²) in [6, 6.07) is 15.6. The number of para-hydroxylation sites is 1. The number of rotatable bonds is 6. The van der Waals surface area contributed by atoms with Crippen LogP contribution in [0.4, 0.5) is 10.1 Å². The fraction of sp³-hybridized carbons (Fsp3) is 0.0500. The van der Waals surface area contributed by atoms with Crippen molar-refractivity contribution in [3.8, 4) is 11.6 Å². The van der Waals surface area contributed by atoms with Crippen LogP contribution in [-0.4, -0.2) is 23.5 Å². The zero-order chi connectivity index (χ0) is 19.9. The Balaban J connectivity index is 1.61. The van der Waals surface area contributed by atoms with Crippen molar-refractivity contribution >= 4 is 29.2 Å². The summed E-state index contributed by atoms with van der Waals surface area (Å²) in [5.41, 5.74) is 0.353. The predicted molar refractivity (Wildman–Crippen MR) is 101 cm³/mol. The first-order valence-corrected chi connectivity index (χ1v) is 8.50. The number of esters is 1. The van der Waals surface area contributed by atoms with Gasteiger partial charge in [-0.25, -0.2) is 14.2 Å². The minimum absolute atomic E-state index is 0.0597. The molecule has 28 heavy (non-hydrogen) atoms. The fourth-order valence-corrected chi connectivity index (χ4v) is 2.39. The van der Waals surface area contributed by atoms with Crippen LogP contribution >= 0.6 is 11.6 Å². The van der Waals surface area contributed by atoms with Crippen LogP contribution in [0.25, 0.3) is 0 Å². The number of carbonyl (C=O) groups excluding carboxylic acids is 2. The lowest BCUT2D eigenvalue weighted by molar-refractivity contribution is -0.119. The van der Waals surface area contributed by atoms with E-state index in [0.717, 1.165) is 6.07 Å². The summed E-state index contributed by atoms with van der Waals surface area (Å²) in [6.07, 6.45) is 1.47. The van der Waals surface area contributed by atoms with E-state index in [1.54, 1.807) is 30.3 Å². The number of carbonyl (C=O) groups is 2. The lowest BCUT2D eigenvalue weighted by atomic mass is 10.2. The van der Waals surface area contributed by atoms with Crippen LogP contribution in [-0.2, 0) is 9.53 Å². The zero-order valence-electron chi connectivity index (χ0n) is 14.4. The van der Waals surface area contributed by atoms with Crippen molar-refractivity contribution in [3.63, 3.8) is 0 Å². The Morgan fingerprint density at radius 2 is 1.86 bits per heavy atom. The minimum atomic E-state index is -0.772. The topological polar surface area (TPSA) is 77.5 Å². The van der Waals surface area contributed by atoms with Gasteiger partial charge in [-0.05, 0) is 42.5 Å². The van der Waals surface area contributed by atoms with Gasteiger partial charge < -0.3 is 14.8 Å². The molecule has 1 heterocycles. The number of nitrogens with one attached hydrogen (secondary N) is 1. The van der Waals surface area contributed by atoms with E-state index < -0.39 is 24.3 Å². The van der Waals surface area contributed by atoms with Gasteiger partial charge in [-0.15, -0.1) is 0 Å². The van der Waals surface area contributed by atoms with Crippen molar-refractivity contribution in [2.24, 2.45) is 0 Å². The van der Waals surface area contributed by atoms with Gasteiger partial charge in [0.1, 0.15) is 17.1 Å². The molecule has 0 aliphatic rings. The Morgan fingerprint density at radius 1 is 1.07 bits per heavy atom. The SMILES string of the molecule is O=C(COC(=O)c1cccnc1Oc1ccccc1)Nc1ccc(F)c(Cl)c1. The number of amides is 1. The quantitative estimate of drug-likeness (QED) is 0.618. The molecule has 0 radical (unpaired) electrons. The van der Waals surface area contributed by atoms with Crippen LogP contribution in [0.15, 0.2) is 66.9 Å². The maximum Gasteiger partial charge on any atom is 0.344 e. The van der Waals surface area contributed by atoms with Crippen molar-refractivity contribution in [2.45, 2.75) is 0 Å². The highest BCUT2D eigenvalue weighted by atomic mass is 35.5. The minimum Gasteiger partial charge on any atom is -0.452 e. The average Bonchev–Trinajstić information content (AvgIpc) is 2.70. The van der Waals surface area contributed by atoms with Crippen molar-refractivity contribution < 1.29 is 23.5 Å². The number of nitrogens with zero attached hydrogens (tertiary/aromatic N) is 1. The lowest BCUT2D eigenvalue weighted by Gasteiger charge is -2.10. The van der Waals surface area contributed by atoms with Gasteiger partial charge in [-0.3, -0.25) is 4.79 Å². The molecule has 0 unspecified atom stereocenters. The predicted octanol–water partition coefficient (Wildman–Crippen LogP) is 4.46. The Kier molecular flexibility index (Phi) is 6.18. The van der Waals surface area contributed by atoms with Gasteiger partial charge in [-0.2, -0.15) is 0 Å². The highest BCUT2D eigenvalue weighted by Crippen LogP contribution is 2.23. The molecule has 3 aromatic rings. The summed E-state index contributed by atoms with van der Waals surface area (Å²) in [4.78, 5) is 28.3. The van der Waals surface area contributed by atoms with Crippen LogP contribution in [0.1, 0.15) is 10.4 Å². The number of pyridine rings is 1. The van der Waals surface area contributed by atoms with E-state index >= 15 is 0 Å². The zero-order valence-corrected chi connectivity index (χ0v) is 15.2. The summed E-state index contributed by atoms with van der Waals surface area (Å²) >= 11 is 5.66. The molecule has 142 valence electrons. The second-order valence-electron chi connectivity index (χ2n) is 5.52. The molecule has 0 aliphatic carbocycles. The summed E-state index contributed by atoms with van der Waals surface area (Å²) in [5, 5.41) is 2.33. The van der Waals surface area contributed by atoms with E-state index in [0.29, 0.717) is 5.75 Å². The van der Waals surface area contributed by atoms with Crippen LogP contribution in [0.2, 0.25) is 5.02 Å². The smallest absolute Gasteiger partial charge is 0.344 e.